The molecule has 1 aliphatic heterocycles. The Morgan fingerprint density at radius 3 is 2.70 bits per heavy atom. The molecule has 1 fully saturated rings. The van der Waals surface area contributed by atoms with Gasteiger partial charge in [0, 0.05) is 23.7 Å². The second-order valence-corrected chi connectivity index (χ2v) is 10.3. The van der Waals surface area contributed by atoms with Gasteiger partial charge in [0.1, 0.15) is 35.2 Å². The molecular weight excluding hydrogens is 511 g/mol. The molecule has 40 heavy (non-hydrogen) atoms. The van der Waals surface area contributed by atoms with Crippen molar-refractivity contribution in [2.75, 3.05) is 12.3 Å². The molecule has 11 heteroatoms. The van der Waals surface area contributed by atoms with Gasteiger partial charge >= 0.3 is 0 Å². The van der Waals surface area contributed by atoms with Gasteiger partial charge in [0.05, 0.1) is 24.5 Å². The van der Waals surface area contributed by atoms with Crippen LogP contribution in [0, 0.1) is 12.4 Å². The summed E-state index contributed by atoms with van der Waals surface area (Å²) in [6.45, 7) is 11.8. The summed E-state index contributed by atoms with van der Waals surface area (Å²) in [5, 5.41) is 5.11. The molecule has 0 radical (unpaired) electrons. The van der Waals surface area contributed by atoms with Gasteiger partial charge in [-0.05, 0) is 51.0 Å². The van der Waals surface area contributed by atoms with Crippen LogP contribution in [0.2, 0.25) is 0 Å². The number of para-hydroxylation sites is 1. The molecule has 0 spiro atoms. The summed E-state index contributed by atoms with van der Waals surface area (Å²) in [6.07, 6.45) is 4.29. The molecule has 2 aromatic heterocycles. The van der Waals surface area contributed by atoms with E-state index in [1.165, 1.54) is 18.5 Å². The highest BCUT2D eigenvalue weighted by Crippen LogP contribution is 2.35. The number of hydrogen-bond donors (Lipinski definition) is 2. The third kappa shape index (κ3) is 5.48. The first-order valence-electron chi connectivity index (χ1n) is 12.8. The Bertz CT molecular complexity index is 1640. The largest absolute Gasteiger partial charge is 0.457 e. The average molecular weight is 541 g/mol. The lowest BCUT2D eigenvalue weighted by molar-refractivity contribution is -0.127. The molecule has 1 atom stereocenters. The minimum absolute atomic E-state index is 0.0168. The summed E-state index contributed by atoms with van der Waals surface area (Å²) in [5.74, 6) is 0.172. The number of hydrogen-bond acceptors (Lipinski definition) is 7. The fourth-order valence-electron chi connectivity index (χ4n) is 4.86. The fraction of sp³-hybridized carbons (Fsp3) is 0.276. The van der Waals surface area contributed by atoms with Crippen LogP contribution < -0.4 is 16.2 Å². The van der Waals surface area contributed by atoms with Crippen molar-refractivity contribution in [3.05, 3.63) is 83.9 Å². The Hall–Kier alpha value is -4.82. The first kappa shape index (κ1) is 26.8. The third-order valence-electron chi connectivity index (χ3n) is 6.60. The number of ether oxygens (including phenoxy) is 1. The molecule has 0 saturated carbocycles. The van der Waals surface area contributed by atoms with Crippen molar-refractivity contribution in [3.63, 3.8) is 0 Å². The molecule has 0 unspecified atom stereocenters. The second-order valence-electron chi connectivity index (χ2n) is 10.3. The summed E-state index contributed by atoms with van der Waals surface area (Å²) >= 11 is 0. The maximum Gasteiger partial charge on any atom is 0.252 e. The molecular formula is C29H29FN8O2. The second kappa shape index (κ2) is 10.7. The van der Waals surface area contributed by atoms with E-state index in [1.807, 2.05) is 18.2 Å². The SMILES string of the molecule is [C-]#[N+]/C(=C\C(C)(C)N)C(=O)N1CCC[C@@H]1Cn1nc(-c2ccc(Oc3ccccc3)cc2F)c2c(N)ncnc21. The summed E-state index contributed by atoms with van der Waals surface area (Å²) in [5.41, 5.74) is 12.4. The van der Waals surface area contributed by atoms with E-state index in [2.05, 4.69) is 14.8 Å². The predicted octanol–water partition coefficient (Wildman–Crippen LogP) is 4.54. The Balaban J connectivity index is 1.48. The molecule has 10 nitrogen and oxygen atoms in total. The van der Waals surface area contributed by atoms with E-state index in [1.54, 1.807) is 47.7 Å². The van der Waals surface area contributed by atoms with E-state index in [4.69, 9.17) is 27.9 Å². The first-order valence-corrected chi connectivity index (χ1v) is 12.8. The standard InChI is InChI=1S/C29H29FN8O2/c1-29(2,32)15-23(33-3)28(39)37-13-7-8-18(37)16-38-27-24(26(31)34-17-35-27)25(36-38)21-12-11-20(14-22(21)30)40-19-9-5-4-6-10-19/h4-6,9-12,14-15,17-18H,7-8,13,16,32H2,1-2H3,(H2,31,34,35)/b23-15-/t18-/m1/s1. The summed E-state index contributed by atoms with van der Waals surface area (Å²) in [6, 6.07) is 13.4. The number of amides is 1. The molecule has 4 aromatic rings. The van der Waals surface area contributed by atoms with E-state index < -0.39 is 11.4 Å². The average Bonchev–Trinajstić information content (AvgIpc) is 3.53. The van der Waals surface area contributed by atoms with Crippen LogP contribution in [-0.4, -0.2) is 48.7 Å². The van der Waals surface area contributed by atoms with Gasteiger partial charge in [0.2, 0.25) is 5.70 Å². The highest BCUT2D eigenvalue weighted by Gasteiger charge is 2.33. The molecule has 1 saturated heterocycles. The van der Waals surface area contributed by atoms with Crippen molar-refractivity contribution >= 4 is 22.8 Å². The summed E-state index contributed by atoms with van der Waals surface area (Å²) in [4.78, 5) is 26.9. The van der Waals surface area contributed by atoms with Crippen molar-refractivity contribution in [1.29, 1.82) is 0 Å². The number of carbonyl (C=O) groups excluding carboxylic acids is 1. The van der Waals surface area contributed by atoms with E-state index in [0.717, 1.165) is 6.42 Å². The quantitative estimate of drug-likeness (QED) is 0.260. The first-order chi connectivity index (χ1) is 19.1. The van der Waals surface area contributed by atoms with E-state index in [0.29, 0.717) is 41.2 Å². The molecule has 5 rings (SSSR count). The van der Waals surface area contributed by atoms with Crippen LogP contribution in [0.15, 0.2) is 66.6 Å². The van der Waals surface area contributed by atoms with Crippen LogP contribution in [0.3, 0.4) is 0 Å². The molecule has 2 aromatic carbocycles. The molecule has 1 aliphatic rings. The van der Waals surface area contributed by atoms with Crippen LogP contribution in [0.1, 0.15) is 26.7 Å². The van der Waals surface area contributed by atoms with Crippen molar-refractivity contribution in [3.8, 4) is 22.8 Å². The zero-order valence-corrected chi connectivity index (χ0v) is 22.2. The zero-order chi connectivity index (χ0) is 28.4. The van der Waals surface area contributed by atoms with Crippen molar-refractivity contribution in [2.45, 2.75) is 44.8 Å². The number of halogens is 1. The molecule has 204 valence electrons. The zero-order valence-electron chi connectivity index (χ0n) is 22.2. The third-order valence-corrected chi connectivity index (χ3v) is 6.60. The number of carbonyl (C=O) groups is 1. The maximum absolute atomic E-state index is 15.4. The van der Waals surface area contributed by atoms with Gasteiger partial charge in [-0.25, -0.2) is 23.9 Å². The van der Waals surface area contributed by atoms with E-state index in [9.17, 15) is 4.79 Å². The number of benzene rings is 2. The van der Waals surface area contributed by atoms with Crippen LogP contribution in [0.4, 0.5) is 10.2 Å². The number of nitrogens with zero attached hydrogens (tertiary/aromatic N) is 6. The normalized spacial score (nSPS) is 15.8. The number of aromatic nitrogens is 4. The number of anilines is 1. The minimum atomic E-state index is -0.807. The molecule has 0 bridgehead atoms. The Morgan fingerprint density at radius 1 is 1.23 bits per heavy atom. The van der Waals surface area contributed by atoms with Gasteiger partial charge in [-0.1, -0.05) is 24.3 Å². The number of rotatable bonds is 7. The highest BCUT2D eigenvalue weighted by atomic mass is 19.1. The number of nitrogen functional groups attached to an aromatic ring is 1. The number of likely N-dealkylation sites (tertiary alicyclic amines) is 1. The van der Waals surface area contributed by atoms with Crippen LogP contribution in [0.25, 0.3) is 27.1 Å². The van der Waals surface area contributed by atoms with Crippen molar-refractivity contribution in [1.82, 2.24) is 24.6 Å². The van der Waals surface area contributed by atoms with Gasteiger partial charge < -0.3 is 21.1 Å². The van der Waals surface area contributed by atoms with Crippen LogP contribution >= 0.6 is 0 Å². The fourth-order valence-corrected chi connectivity index (χ4v) is 4.86. The highest BCUT2D eigenvalue weighted by molar-refractivity contribution is 5.98. The maximum atomic E-state index is 15.4. The van der Waals surface area contributed by atoms with Crippen molar-refractivity contribution in [2.24, 2.45) is 5.73 Å². The number of nitrogens with two attached hydrogens (primary N) is 2. The molecule has 4 N–H and O–H groups in total. The van der Waals surface area contributed by atoms with Gasteiger partial charge in [-0.2, -0.15) is 5.10 Å². The lowest BCUT2D eigenvalue weighted by Gasteiger charge is -2.25. The molecule has 0 aliphatic carbocycles. The Kier molecular flexibility index (Phi) is 7.19. The summed E-state index contributed by atoms with van der Waals surface area (Å²) < 4.78 is 22.8. The minimum Gasteiger partial charge on any atom is -0.457 e. The Labute approximate surface area is 230 Å². The molecule has 1 amide bonds. The lowest BCUT2D eigenvalue weighted by atomic mass is 10.1. The topological polar surface area (TPSA) is 130 Å². The Morgan fingerprint density at radius 2 is 2.00 bits per heavy atom. The van der Waals surface area contributed by atoms with Crippen LogP contribution in [-0.2, 0) is 11.3 Å². The van der Waals surface area contributed by atoms with Gasteiger partial charge in [0.15, 0.2) is 5.65 Å². The number of fused-ring (bicyclic) bond motifs is 1. The lowest BCUT2D eigenvalue weighted by Crippen LogP contribution is -2.40. The van der Waals surface area contributed by atoms with Gasteiger partial charge in [-0.15, -0.1) is 0 Å². The van der Waals surface area contributed by atoms with E-state index in [-0.39, 0.29) is 35.6 Å². The summed E-state index contributed by atoms with van der Waals surface area (Å²) in [7, 11) is 0. The smallest absolute Gasteiger partial charge is 0.252 e. The molecule has 3 heterocycles. The van der Waals surface area contributed by atoms with E-state index >= 15 is 4.39 Å². The van der Waals surface area contributed by atoms with Gasteiger partial charge in [-0.3, -0.25) is 4.79 Å². The van der Waals surface area contributed by atoms with Gasteiger partial charge in [0.25, 0.3) is 5.91 Å². The monoisotopic (exact) mass is 540 g/mol. The van der Waals surface area contributed by atoms with Crippen molar-refractivity contribution < 1.29 is 13.9 Å². The predicted molar refractivity (Wildman–Crippen MR) is 149 cm³/mol. The van der Waals surface area contributed by atoms with Crippen LogP contribution in [0.5, 0.6) is 11.5 Å².